The SMILES string of the molecule is CCCCCCCC(CCl)C(C)C. The van der Waals surface area contributed by atoms with Crippen LogP contribution < -0.4 is 0 Å². The molecular weight excluding hydrogens is 180 g/mol. The average molecular weight is 205 g/mol. The molecule has 0 fully saturated rings. The molecule has 0 amide bonds. The lowest BCUT2D eigenvalue weighted by molar-refractivity contribution is 0.379. The lowest BCUT2D eigenvalue weighted by Gasteiger charge is -2.17. The second kappa shape index (κ2) is 8.87. The lowest BCUT2D eigenvalue weighted by Crippen LogP contribution is -2.10. The van der Waals surface area contributed by atoms with Crippen molar-refractivity contribution in [3.63, 3.8) is 0 Å². The van der Waals surface area contributed by atoms with E-state index in [4.69, 9.17) is 11.6 Å². The maximum Gasteiger partial charge on any atom is 0.0254 e. The highest BCUT2D eigenvalue weighted by molar-refractivity contribution is 6.18. The molecule has 0 aliphatic heterocycles. The standard InChI is InChI=1S/C12H25Cl/c1-4-5-6-7-8-9-12(10-13)11(2)3/h11-12H,4-10H2,1-3H3. The van der Waals surface area contributed by atoms with Crippen LogP contribution in [0.1, 0.15) is 59.3 Å². The van der Waals surface area contributed by atoms with Crippen LogP contribution in [0.25, 0.3) is 0 Å². The van der Waals surface area contributed by atoms with E-state index in [1.54, 1.807) is 0 Å². The Hall–Kier alpha value is 0.290. The lowest BCUT2D eigenvalue weighted by atomic mass is 9.92. The Bertz CT molecular complexity index is 99.3. The molecule has 0 spiro atoms. The summed E-state index contributed by atoms with van der Waals surface area (Å²) in [5.74, 6) is 2.33. The smallest absolute Gasteiger partial charge is 0.0254 e. The van der Waals surface area contributed by atoms with E-state index >= 15 is 0 Å². The zero-order chi connectivity index (χ0) is 10.1. The van der Waals surface area contributed by atoms with Crippen LogP contribution in [-0.4, -0.2) is 5.88 Å². The van der Waals surface area contributed by atoms with E-state index in [1.807, 2.05) is 0 Å². The van der Waals surface area contributed by atoms with Crippen LogP contribution in [0.3, 0.4) is 0 Å². The van der Waals surface area contributed by atoms with Crippen LogP contribution in [0.4, 0.5) is 0 Å². The van der Waals surface area contributed by atoms with E-state index in [2.05, 4.69) is 20.8 Å². The first-order valence-electron chi connectivity index (χ1n) is 5.78. The highest BCUT2D eigenvalue weighted by Crippen LogP contribution is 2.20. The second-order valence-electron chi connectivity index (χ2n) is 4.36. The summed E-state index contributed by atoms with van der Waals surface area (Å²) in [6, 6.07) is 0. The van der Waals surface area contributed by atoms with Crippen molar-refractivity contribution in [2.24, 2.45) is 11.8 Å². The molecule has 0 nitrogen and oxygen atoms in total. The fourth-order valence-electron chi connectivity index (χ4n) is 1.60. The Morgan fingerprint density at radius 3 is 2.08 bits per heavy atom. The van der Waals surface area contributed by atoms with Crippen LogP contribution in [0.2, 0.25) is 0 Å². The monoisotopic (exact) mass is 204 g/mol. The molecule has 0 saturated carbocycles. The van der Waals surface area contributed by atoms with Gasteiger partial charge in [0.15, 0.2) is 0 Å². The van der Waals surface area contributed by atoms with E-state index < -0.39 is 0 Å². The molecule has 13 heavy (non-hydrogen) atoms. The van der Waals surface area contributed by atoms with Gasteiger partial charge in [0.05, 0.1) is 0 Å². The number of hydrogen-bond donors (Lipinski definition) is 0. The van der Waals surface area contributed by atoms with Crippen LogP contribution in [-0.2, 0) is 0 Å². The first-order chi connectivity index (χ1) is 6.22. The van der Waals surface area contributed by atoms with Crippen molar-refractivity contribution in [2.75, 3.05) is 5.88 Å². The maximum absolute atomic E-state index is 5.90. The zero-order valence-electron chi connectivity index (χ0n) is 9.48. The number of alkyl halides is 1. The highest BCUT2D eigenvalue weighted by Gasteiger charge is 2.10. The van der Waals surface area contributed by atoms with Crippen molar-refractivity contribution in [2.45, 2.75) is 59.3 Å². The van der Waals surface area contributed by atoms with E-state index in [0.29, 0.717) is 0 Å². The van der Waals surface area contributed by atoms with Crippen LogP contribution in [0, 0.1) is 11.8 Å². The molecule has 0 radical (unpaired) electrons. The first kappa shape index (κ1) is 13.3. The summed E-state index contributed by atoms with van der Waals surface area (Å²) >= 11 is 5.90. The minimum Gasteiger partial charge on any atom is -0.126 e. The summed E-state index contributed by atoms with van der Waals surface area (Å²) in [6.07, 6.45) is 8.23. The van der Waals surface area contributed by atoms with Gasteiger partial charge in [0, 0.05) is 5.88 Å². The Kier molecular flexibility index (Phi) is 9.07. The molecule has 0 aromatic heterocycles. The Labute approximate surface area is 89.1 Å². The van der Waals surface area contributed by atoms with Gasteiger partial charge in [-0.15, -0.1) is 11.6 Å². The van der Waals surface area contributed by atoms with Gasteiger partial charge >= 0.3 is 0 Å². The molecule has 0 aliphatic carbocycles. The minimum absolute atomic E-state index is 0.739. The normalized spacial score (nSPS) is 13.6. The predicted octanol–water partition coefficient (Wildman–Crippen LogP) is 4.86. The van der Waals surface area contributed by atoms with Gasteiger partial charge in [0.1, 0.15) is 0 Å². The number of halogens is 1. The van der Waals surface area contributed by atoms with Crippen molar-refractivity contribution in [1.82, 2.24) is 0 Å². The van der Waals surface area contributed by atoms with Gasteiger partial charge in [-0.05, 0) is 18.3 Å². The second-order valence-corrected chi connectivity index (χ2v) is 4.67. The third-order valence-electron chi connectivity index (χ3n) is 2.82. The van der Waals surface area contributed by atoms with Crippen LogP contribution >= 0.6 is 11.6 Å². The minimum atomic E-state index is 0.739. The molecule has 80 valence electrons. The summed E-state index contributed by atoms with van der Waals surface area (Å²) in [6.45, 7) is 6.81. The molecule has 1 atom stereocenters. The van der Waals surface area contributed by atoms with Gasteiger partial charge < -0.3 is 0 Å². The van der Waals surface area contributed by atoms with Crippen molar-refractivity contribution in [3.8, 4) is 0 Å². The van der Waals surface area contributed by atoms with Gasteiger partial charge in [-0.3, -0.25) is 0 Å². The van der Waals surface area contributed by atoms with Crippen molar-refractivity contribution in [1.29, 1.82) is 0 Å². The van der Waals surface area contributed by atoms with Gasteiger partial charge in [-0.1, -0.05) is 52.9 Å². The number of unbranched alkanes of at least 4 members (excludes halogenated alkanes) is 4. The van der Waals surface area contributed by atoms with Gasteiger partial charge in [-0.25, -0.2) is 0 Å². The number of rotatable bonds is 8. The molecule has 0 aliphatic rings. The largest absolute Gasteiger partial charge is 0.126 e. The third kappa shape index (κ3) is 7.37. The van der Waals surface area contributed by atoms with Gasteiger partial charge in [-0.2, -0.15) is 0 Å². The molecule has 0 aromatic rings. The van der Waals surface area contributed by atoms with E-state index in [-0.39, 0.29) is 0 Å². The van der Waals surface area contributed by atoms with E-state index in [1.165, 1.54) is 38.5 Å². The van der Waals surface area contributed by atoms with Crippen molar-refractivity contribution >= 4 is 11.6 Å². The molecule has 0 N–H and O–H groups in total. The Morgan fingerprint density at radius 1 is 1.00 bits per heavy atom. The predicted molar refractivity (Wildman–Crippen MR) is 62.4 cm³/mol. The Balaban J connectivity index is 3.28. The molecule has 0 rings (SSSR count). The molecule has 0 saturated heterocycles. The first-order valence-corrected chi connectivity index (χ1v) is 6.31. The molecule has 1 unspecified atom stereocenters. The molecule has 1 heteroatoms. The topological polar surface area (TPSA) is 0 Å². The summed E-state index contributed by atoms with van der Waals surface area (Å²) in [5.41, 5.74) is 0. The van der Waals surface area contributed by atoms with E-state index in [0.717, 1.165) is 17.7 Å². The van der Waals surface area contributed by atoms with Gasteiger partial charge in [0.2, 0.25) is 0 Å². The number of hydrogen-bond acceptors (Lipinski definition) is 0. The third-order valence-corrected chi connectivity index (χ3v) is 3.22. The zero-order valence-corrected chi connectivity index (χ0v) is 10.2. The summed E-state index contributed by atoms with van der Waals surface area (Å²) in [5, 5.41) is 0. The van der Waals surface area contributed by atoms with Crippen molar-refractivity contribution < 1.29 is 0 Å². The van der Waals surface area contributed by atoms with Gasteiger partial charge in [0.25, 0.3) is 0 Å². The average Bonchev–Trinajstić information content (AvgIpc) is 2.10. The summed E-state index contributed by atoms with van der Waals surface area (Å²) in [4.78, 5) is 0. The maximum atomic E-state index is 5.90. The molecule has 0 aromatic carbocycles. The molecular formula is C12H25Cl. The fourth-order valence-corrected chi connectivity index (χ4v) is 2.11. The molecule has 0 bridgehead atoms. The quantitative estimate of drug-likeness (QED) is 0.392. The Morgan fingerprint density at radius 2 is 1.62 bits per heavy atom. The van der Waals surface area contributed by atoms with Crippen LogP contribution in [0.15, 0.2) is 0 Å². The fraction of sp³-hybridized carbons (Fsp3) is 1.00. The van der Waals surface area contributed by atoms with Crippen molar-refractivity contribution in [3.05, 3.63) is 0 Å². The summed E-state index contributed by atoms with van der Waals surface area (Å²) < 4.78 is 0. The highest BCUT2D eigenvalue weighted by atomic mass is 35.5. The molecule has 0 heterocycles. The van der Waals surface area contributed by atoms with Crippen LogP contribution in [0.5, 0.6) is 0 Å². The summed E-state index contributed by atoms with van der Waals surface area (Å²) in [7, 11) is 0. The van der Waals surface area contributed by atoms with E-state index in [9.17, 15) is 0 Å².